The van der Waals surface area contributed by atoms with Gasteiger partial charge in [-0.2, -0.15) is 0 Å². The van der Waals surface area contributed by atoms with E-state index in [-0.39, 0.29) is 24.9 Å². The zero-order chi connectivity index (χ0) is 10.3. The maximum Gasteiger partial charge on any atom is 0.355 e. The Morgan fingerprint density at radius 2 is 1.92 bits per heavy atom. The van der Waals surface area contributed by atoms with Crippen LogP contribution in [0.4, 0.5) is 0 Å². The van der Waals surface area contributed by atoms with Gasteiger partial charge in [-0.15, -0.1) is 0 Å². The van der Waals surface area contributed by atoms with E-state index < -0.39 is 5.97 Å². The van der Waals surface area contributed by atoms with Gasteiger partial charge < -0.3 is 4.74 Å². The number of esters is 1. The van der Waals surface area contributed by atoms with Gasteiger partial charge in [0.2, 0.25) is 0 Å². The summed E-state index contributed by atoms with van der Waals surface area (Å²) in [6.45, 7) is 4.00. The van der Waals surface area contributed by atoms with Gasteiger partial charge in [0, 0.05) is 6.42 Å². The first-order chi connectivity index (χ1) is 6.02. The first kappa shape index (κ1) is 11.9. The fraction of sp³-hybridized carbons (Fsp3) is 0.778. The van der Waals surface area contributed by atoms with E-state index in [4.69, 9.17) is 4.74 Å². The van der Waals surface area contributed by atoms with Crippen LogP contribution in [0.2, 0.25) is 0 Å². The van der Waals surface area contributed by atoms with Gasteiger partial charge in [-0.1, -0.05) is 13.8 Å². The standard InChI is InChI=1S/C9H15O4/c1-7(2)6-9(12)13-5-3-4-8(10)11/h7H,3-6H2,1-2H3. The highest BCUT2D eigenvalue weighted by atomic mass is 16.5. The molecule has 0 amide bonds. The minimum atomic E-state index is -1.11. The highest BCUT2D eigenvalue weighted by Gasteiger charge is 2.06. The van der Waals surface area contributed by atoms with Gasteiger partial charge in [-0.25, -0.2) is 9.90 Å². The highest BCUT2D eigenvalue weighted by molar-refractivity contribution is 5.69. The summed E-state index contributed by atoms with van der Waals surface area (Å²) in [6.07, 6.45) is 0.645. The van der Waals surface area contributed by atoms with Crippen molar-refractivity contribution in [3.63, 3.8) is 0 Å². The molecule has 75 valence electrons. The Labute approximate surface area is 77.9 Å². The van der Waals surface area contributed by atoms with Gasteiger partial charge in [-0.05, 0) is 12.3 Å². The van der Waals surface area contributed by atoms with Gasteiger partial charge in [0.15, 0.2) is 0 Å². The lowest BCUT2D eigenvalue weighted by molar-refractivity contribution is -0.148. The van der Waals surface area contributed by atoms with Crippen molar-refractivity contribution >= 4 is 11.9 Å². The third-order valence-electron chi connectivity index (χ3n) is 1.36. The third-order valence-corrected chi connectivity index (χ3v) is 1.36. The number of ether oxygens (including phenoxy) is 1. The van der Waals surface area contributed by atoms with Crippen LogP contribution in [0.3, 0.4) is 0 Å². The fourth-order valence-electron chi connectivity index (χ4n) is 0.795. The van der Waals surface area contributed by atoms with E-state index in [1.54, 1.807) is 0 Å². The van der Waals surface area contributed by atoms with Crippen molar-refractivity contribution in [3.05, 3.63) is 0 Å². The van der Waals surface area contributed by atoms with Gasteiger partial charge >= 0.3 is 11.9 Å². The Bertz CT molecular complexity index is 174. The molecule has 13 heavy (non-hydrogen) atoms. The number of carbonyl (C=O) groups is 2. The lowest BCUT2D eigenvalue weighted by atomic mass is 10.1. The second kappa shape index (κ2) is 6.46. The Balaban J connectivity index is 3.32. The van der Waals surface area contributed by atoms with E-state index in [0.29, 0.717) is 12.8 Å². The molecule has 1 radical (unpaired) electrons. The molecular weight excluding hydrogens is 172 g/mol. The van der Waals surface area contributed by atoms with Crippen molar-refractivity contribution < 1.29 is 19.4 Å². The predicted octanol–water partition coefficient (Wildman–Crippen LogP) is 1.31. The predicted molar refractivity (Wildman–Crippen MR) is 45.3 cm³/mol. The first-order valence-corrected chi connectivity index (χ1v) is 4.38. The van der Waals surface area contributed by atoms with Crippen LogP contribution >= 0.6 is 0 Å². The summed E-state index contributed by atoms with van der Waals surface area (Å²) in [5, 5.41) is 9.97. The molecule has 0 aliphatic heterocycles. The van der Waals surface area contributed by atoms with Crippen LogP contribution in [0.25, 0.3) is 0 Å². The van der Waals surface area contributed by atoms with E-state index in [1.807, 2.05) is 13.8 Å². The zero-order valence-corrected chi connectivity index (χ0v) is 8.04. The molecule has 0 saturated heterocycles. The van der Waals surface area contributed by atoms with Gasteiger partial charge in [0.05, 0.1) is 13.0 Å². The van der Waals surface area contributed by atoms with Crippen LogP contribution in [0.5, 0.6) is 0 Å². The molecule has 0 rings (SSSR count). The molecule has 0 heterocycles. The zero-order valence-electron chi connectivity index (χ0n) is 8.04. The van der Waals surface area contributed by atoms with Crippen LogP contribution in [-0.4, -0.2) is 18.5 Å². The third kappa shape index (κ3) is 8.85. The average Bonchev–Trinajstić information content (AvgIpc) is 1.96. The van der Waals surface area contributed by atoms with Crippen LogP contribution in [-0.2, 0) is 19.4 Å². The second-order valence-electron chi connectivity index (χ2n) is 3.29. The number of hydrogen-bond acceptors (Lipinski definition) is 3. The summed E-state index contributed by atoms with van der Waals surface area (Å²) in [4.78, 5) is 20.9. The molecule has 0 bridgehead atoms. The van der Waals surface area contributed by atoms with E-state index in [2.05, 4.69) is 0 Å². The van der Waals surface area contributed by atoms with E-state index >= 15 is 0 Å². The monoisotopic (exact) mass is 187 g/mol. The molecule has 0 aliphatic carbocycles. The SMILES string of the molecule is CC(C)CC(=O)OCCCC([O])=O. The summed E-state index contributed by atoms with van der Waals surface area (Å²) in [5.41, 5.74) is 0. The molecule has 0 saturated carbocycles. The summed E-state index contributed by atoms with van der Waals surface area (Å²) < 4.78 is 4.77. The lowest BCUT2D eigenvalue weighted by Gasteiger charge is -2.04. The molecule has 4 heteroatoms. The van der Waals surface area contributed by atoms with E-state index in [0.717, 1.165) is 0 Å². The minimum Gasteiger partial charge on any atom is -0.466 e. The van der Waals surface area contributed by atoms with Crippen LogP contribution in [0.15, 0.2) is 0 Å². The largest absolute Gasteiger partial charge is 0.466 e. The fourth-order valence-corrected chi connectivity index (χ4v) is 0.795. The maximum atomic E-state index is 10.9. The summed E-state index contributed by atoms with van der Waals surface area (Å²) >= 11 is 0. The molecule has 0 atom stereocenters. The molecule has 4 nitrogen and oxygen atoms in total. The van der Waals surface area contributed by atoms with Gasteiger partial charge in [-0.3, -0.25) is 4.79 Å². The van der Waals surface area contributed by atoms with Crippen molar-refractivity contribution in [2.75, 3.05) is 6.61 Å². The molecule has 0 aliphatic rings. The highest BCUT2D eigenvalue weighted by Crippen LogP contribution is 2.01. The smallest absolute Gasteiger partial charge is 0.355 e. The molecule has 0 spiro atoms. The number of carbonyl (C=O) groups excluding carboxylic acids is 2. The summed E-state index contributed by atoms with van der Waals surface area (Å²) in [7, 11) is 0. The van der Waals surface area contributed by atoms with Crippen LogP contribution in [0, 0.1) is 5.92 Å². The molecule has 0 aromatic rings. The van der Waals surface area contributed by atoms with Crippen LogP contribution in [0.1, 0.15) is 33.1 Å². The van der Waals surface area contributed by atoms with Crippen molar-refractivity contribution in [2.45, 2.75) is 33.1 Å². The molecule has 0 N–H and O–H groups in total. The van der Waals surface area contributed by atoms with Gasteiger partial charge in [0.25, 0.3) is 0 Å². The first-order valence-electron chi connectivity index (χ1n) is 4.38. The topological polar surface area (TPSA) is 63.3 Å². The Morgan fingerprint density at radius 3 is 2.38 bits per heavy atom. The lowest BCUT2D eigenvalue weighted by Crippen LogP contribution is -2.09. The minimum absolute atomic E-state index is 0.0606. The molecular formula is C9H15O4. The maximum absolute atomic E-state index is 10.9. The molecule has 0 aromatic carbocycles. The molecule has 0 aromatic heterocycles. The molecule has 0 unspecified atom stereocenters. The quantitative estimate of drug-likeness (QED) is 0.465. The van der Waals surface area contributed by atoms with Crippen LogP contribution < -0.4 is 0 Å². The normalized spacial score (nSPS) is 10.1. The van der Waals surface area contributed by atoms with Crippen molar-refractivity contribution in [1.82, 2.24) is 0 Å². The number of hydrogen-bond donors (Lipinski definition) is 0. The molecule has 0 fully saturated rings. The average molecular weight is 187 g/mol. The van der Waals surface area contributed by atoms with E-state index in [1.165, 1.54) is 0 Å². The Kier molecular flexibility index (Phi) is 5.93. The Morgan fingerprint density at radius 1 is 1.31 bits per heavy atom. The second-order valence-corrected chi connectivity index (χ2v) is 3.29. The summed E-state index contributed by atoms with van der Waals surface area (Å²) in [5.74, 6) is -1.11. The van der Waals surface area contributed by atoms with Gasteiger partial charge in [0.1, 0.15) is 0 Å². The summed E-state index contributed by atoms with van der Waals surface area (Å²) in [6, 6.07) is 0. The van der Waals surface area contributed by atoms with Crippen molar-refractivity contribution in [1.29, 1.82) is 0 Å². The van der Waals surface area contributed by atoms with Crippen molar-refractivity contribution in [2.24, 2.45) is 5.92 Å². The van der Waals surface area contributed by atoms with E-state index in [9.17, 15) is 14.7 Å². The Hall–Kier alpha value is -1.06. The van der Waals surface area contributed by atoms with Crippen molar-refractivity contribution in [3.8, 4) is 0 Å². The number of rotatable bonds is 6.